The zero-order valence-electron chi connectivity index (χ0n) is 16.6. The van der Waals surface area contributed by atoms with Crippen molar-refractivity contribution < 1.29 is 19.5 Å². The maximum Gasteiger partial charge on any atom is 0.303 e. The molecule has 0 aromatic carbocycles. The monoisotopic (exact) mass is 402 g/mol. The Morgan fingerprint density at radius 1 is 0.667 bits per heavy atom. The van der Waals surface area contributed by atoms with Crippen molar-refractivity contribution in [2.24, 2.45) is 0 Å². The number of hydrogen-bond acceptors (Lipinski definition) is 4. The lowest BCUT2D eigenvalue weighted by Crippen LogP contribution is -2.28. The van der Waals surface area contributed by atoms with Crippen LogP contribution in [0.25, 0.3) is 0 Å². The highest BCUT2D eigenvalue weighted by Gasteiger charge is 2.02. The van der Waals surface area contributed by atoms with Crippen LogP contribution >= 0.6 is 12.6 Å². The van der Waals surface area contributed by atoms with E-state index in [4.69, 9.17) is 5.11 Å². The number of hydrogen-bond donors (Lipinski definition) is 4. The zero-order chi connectivity index (χ0) is 20.2. The van der Waals surface area contributed by atoms with Gasteiger partial charge in [0, 0.05) is 12.8 Å². The van der Waals surface area contributed by atoms with Crippen LogP contribution in [0.4, 0.5) is 0 Å². The van der Waals surface area contributed by atoms with E-state index in [1.54, 1.807) is 0 Å². The van der Waals surface area contributed by atoms with Crippen molar-refractivity contribution in [2.75, 3.05) is 19.6 Å². The molecule has 0 aliphatic rings. The highest BCUT2D eigenvalue weighted by Crippen LogP contribution is 2.11. The fraction of sp³-hybridized carbons (Fsp3) is 0.850. The van der Waals surface area contributed by atoms with Gasteiger partial charge in [0.05, 0.1) is 6.54 Å². The zero-order valence-corrected chi connectivity index (χ0v) is 17.5. The van der Waals surface area contributed by atoms with Crippen LogP contribution in [-0.2, 0) is 14.4 Å². The first-order chi connectivity index (χ1) is 13.0. The van der Waals surface area contributed by atoms with E-state index in [0.717, 1.165) is 38.8 Å². The molecule has 3 N–H and O–H groups in total. The van der Waals surface area contributed by atoms with Crippen LogP contribution in [0.5, 0.6) is 0 Å². The van der Waals surface area contributed by atoms with Crippen LogP contribution < -0.4 is 10.6 Å². The number of carbonyl (C=O) groups is 3. The minimum Gasteiger partial charge on any atom is -0.481 e. The third kappa shape index (κ3) is 22.9. The summed E-state index contributed by atoms with van der Waals surface area (Å²) >= 11 is 3.60. The van der Waals surface area contributed by atoms with E-state index in [9.17, 15) is 14.4 Å². The Labute approximate surface area is 169 Å². The molecule has 1 amide bonds. The summed E-state index contributed by atoms with van der Waals surface area (Å²) in [6.07, 6.45) is 14.6. The van der Waals surface area contributed by atoms with Crippen LogP contribution in [-0.4, -0.2) is 41.7 Å². The van der Waals surface area contributed by atoms with Crippen molar-refractivity contribution >= 4 is 29.6 Å². The second-order valence-electron chi connectivity index (χ2n) is 7.06. The highest BCUT2D eigenvalue weighted by molar-refractivity contribution is 7.96. The van der Waals surface area contributed by atoms with Crippen molar-refractivity contribution in [3.05, 3.63) is 0 Å². The highest BCUT2D eigenvalue weighted by atomic mass is 32.1. The summed E-state index contributed by atoms with van der Waals surface area (Å²) in [7, 11) is 0. The maximum absolute atomic E-state index is 11.4. The number of amides is 1. The van der Waals surface area contributed by atoms with Gasteiger partial charge >= 0.3 is 5.97 Å². The topological polar surface area (TPSA) is 95.5 Å². The Morgan fingerprint density at radius 3 is 1.67 bits per heavy atom. The fourth-order valence-corrected chi connectivity index (χ4v) is 2.96. The summed E-state index contributed by atoms with van der Waals surface area (Å²) in [6.45, 7) is 1.82. The average Bonchev–Trinajstić information content (AvgIpc) is 2.62. The third-order valence-electron chi connectivity index (χ3n) is 4.44. The van der Waals surface area contributed by atoms with Gasteiger partial charge in [0.2, 0.25) is 11.0 Å². The number of carbonyl (C=O) groups excluding carboxylic acids is 2. The molecular weight excluding hydrogens is 364 g/mol. The molecule has 0 spiro atoms. The summed E-state index contributed by atoms with van der Waals surface area (Å²) in [5.74, 6) is -0.782. The van der Waals surface area contributed by atoms with Crippen LogP contribution in [0.1, 0.15) is 89.9 Å². The van der Waals surface area contributed by atoms with Gasteiger partial charge in [-0.1, -0.05) is 57.8 Å². The number of unbranched alkanes of at least 4 members (excludes halogenated alkanes) is 10. The second kappa shape index (κ2) is 19.7. The van der Waals surface area contributed by atoms with E-state index in [2.05, 4.69) is 23.3 Å². The predicted molar refractivity (Wildman–Crippen MR) is 112 cm³/mol. The minimum atomic E-state index is -0.684. The Kier molecular flexibility index (Phi) is 18.9. The van der Waals surface area contributed by atoms with E-state index in [1.807, 2.05) is 0 Å². The quantitative estimate of drug-likeness (QED) is 0.184. The third-order valence-corrected chi connectivity index (χ3v) is 4.60. The largest absolute Gasteiger partial charge is 0.481 e. The molecule has 27 heavy (non-hydrogen) atoms. The lowest BCUT2D eigenvalue weighted by molar-refractivity contribution is -0.137. The van der Waals surface area contributed by atoms with Crippen molar-refractivity contribution in [1.82, 2.24) is 10.6 Å². The molecule has 0 aromatic heterocycles. The van der Waals surface area contributed by atoms with Gasteiger partial charge in [-0.05, 0) is 32.4 Å². The molecule has 0 heterocycles. The van der Waals surface area contributed by atoms with Crippen molar-refractivity contribution in [3.8, 4) is 0 Å². The SMILES string of the molecule is O=C(O)CCCCCCCCCCCCCNCCCC(=O)NCC(=O)S. The van der Waals surface area contributed by atoms with Gasteiger partial charge in [-0.25, -0.2) is 0 Å². The molecule has 0 aliphatic heterocycles. The summed E-state index contributed by atoms with van der Waals surface area (Å²) in [6, 6.07) is 0. The van der Waals surface area contributed by atoms with E-state index < -0.39 is 5.97 Å². The molecule has 158 valence electrons. The van der Waals surface area contributed by atoms with Crippen molar-refractivity contribution in [2.45, 2.75) is 89.9 Å². The van der Waals surface area contributed by atoms with Crippen LogP contribution in [0.15, 0.2) is 0 Å². The first-order valence-corrected chi connectivity index (χ1v) is 10.9. The first-order valence-electron chi connectivity index (χ1n) is 10.4. The van der Waals surface area contributed by atoms with Gasteiger partial charge < -0.3 is 15.7 Å². The number of rotatable bonds is 20. The van der Waals surface area contributed by atoms with E-state index in [1.165, 1.54) is 51.4 Å². The smallest absolute Gasteiger partial charge is 0.303 e. The van der Waals surface area contributed by atoms with Crippen molar-refractivity contribution in [3.63, 3.8) is 0 Å². The predicted octanol–water partition coefficient (Wildman–Crippen LogP) is 3.69. The Morgan fingerprint density at radius 2 is 1.15 bits per heavy atom. The van der Waals surface area contributed by atoms with E-state index in [0.29, 0.717) is 12.8 Å². The molecule has 7 heteroatoms. The summed E-state index contributed by atoms with van der Waals surface area (Å²) in [5, 5.41) is 14.1. The Balaban J connectivity index is 3.11. The molecule has 0 bridgehead atoms. The Hall–Kier alpha value is -1.08. The van der Waals surface area contributed by atoms with Gasteiger partial charge in [0.15, 0.2) is 0 Å². The van der Waals surface area contributed by atoms with Gasteiger partial charge in [0.25, 0.3) is 0 Å². The first kappa shape index (κ1) is 25.9. The van der Waals surface area contributed by atoms with Crippen LogP contribution in [0, 0.1) is 0 Å². The number of carboxylic acids is 1. The number of thiol groups is 1. The number of nitrogens with one attached hydrogen (secondary N) is 2. The van der Waals surface area contributed by atoms with Gasteiger partial charge in [-0.2, -0.15) is 0 Å². The normalized spacial score (nSPS) is 10.7. The molecule has 0 fully saturated rings. The lowest BCUT2D eigenvalue weighted by atomic mass is 10.1. The second-order valence-corrected chi connectivity index (χ2v) is 7.56. The van der Waals surface area contributed by atoms with E-state index >= 15 is 0 Å². The summed E-state index contributed by atoms with van der Waals surface area (Å²) in [5.41, 5.74) is 0. The molecule has 0 radical (unpaired) electrons. The summed E-state index contributed by atoms with van der Waals surface area (Å²) < 4.78 is 0. The molecular formula is C20H38N2O4S. The lowest BCUT2D eigenvalue weighted by Gasteiger charge is -2.06. The van der Waals surface area contributed by atoms with E-state index in [-0.39, 0.29) is 17.6 Å². The minimum absolute atomic E-state index is 0.00215. The number of carboxylic acid groups (broad SMARTS) is 1. The molecule has 0 unspecified atom stereocenters. The molecule has 0 aliphatic carbocycles. The van der Waals surface area contributed by atoms with Gasteiger partial charge in [0.1, 0.15) is 0 Å². The molecule has 0 saturated carbocycles. The van der Waals surface area contributed by atoms with Crippen molar-refractivity contribution in [1.29, 1.82) is 0 Å². The molecule has 6 nitrogen and oxygen atoms in total. The summed E-state index contributed by atoms with van der Waals surface area (Å²) in [4.78, 5) is 32.4. The molecule has 0 saturated heterocycles. The molecule has 0 atom stereocenters. The van der Waals surface area contributed by atoms with Gasteiger partial charge in [-0.15, -0.1) is 12.6 Å². The molecule has 0 rings (SSSR count). The number of aliphatic carboxylic acids is 1. The molecule has 0 aromatic rings. The standard InChI is InChI=1S/C20H38N2O4S/c23-18(22-17-20(26)27)13-12-16-21-15-11-9-7-5-3-1-2-4-6-8-10-14-19(24)25/h21H,1-17H2,(H,22,23)(H,24,25)(H,26,27). The van der Waals surface area contributed by atoms with Gasteiger partial charge in [-0.3, -0.25) is 14.4 Å². The fourth-order valence-electron chi connectivity index (χ4n) is 2.88. The maximum atomic E-state index is 11.4. The van der Waals surface area contributed by atoms with Crippen LogP contribution in [0.2, 0.25) is 0 Å². The van der Waals surface area contributed by atoms with Crippen LogP contribution in [0.3, 0.4) is 0 Å². The average molecular weight is 403 g/mol. The Bertz CT molecular complexity index is 405.